The van der Waals surface area contributed by atoms with Gasteiger partial charge >= 0.3 is 30.5 Å². The van der Waals surface area contributed by atoms with Crippen LogP contribution in [0.3, 0.4) is 0 Å². The van der Waals surface area contributed by atoms with E-state index in [0.717, 1.165) is 5.56 Å². The lowest BCUT2D eigenvalue weighted by Gasteiger charge is -2.51. The number of benzene rings is 7. The summed E-state index contributed by atoms with van der Waals surface area (Å²) in [6.07, 6.45) is -27.2. The number of aliphatic hydroxyl groups is 4. The molecule has 5 fully saturated rings. The number of alkyl carbamates (subject to hydrolysis) is 5. The third kappa shape index (κ3) is 23.5. The van der Waals surface area contributed by atoms with Crippen molar-refractivity contribution in [2.45, 2.75) is 201 Å². The number of rotatable bonds is 30. The fourth-order valence-corrected chi connectivity index (χ4v) is 14.6. The second kappa shape index (κ2) is 40.7. The zero-order valence-corrected chi connectivity index (χ0v) is 65.4. The van der Waals surface area contributed by atoms with E-state index >= 15 is 0 Å². The van der Waals surface area contributed by atoms with E-state index < -0.39 is 173 Å². The van der Waals surface area contributed by atoms with E-state index in [0.29, 0.717) is 33.4 Å². The molecule has 115 heavy (non-hydrogen) atoms. The average Bonchev–Trinajstić information content (AvgIpc) is 1.57. The van der Waals surface area contributed by atoms with Gasteiger partial charge < -0.3 is 118 Å². The van der Waals surface area contributed by atoms with Gasteiger partial charge in [0.15, 0.2) is 33.5 Å². The highest BCUT2D eigenvalue weighted by Crippen LogP contribution is 2.42. The Hall–Kier alpha value is -9.71. The van der Waals surface area contributed by atoms with E-state index in [4.69, 9.17) is 70.7 Å². The number of amides is 5. The van der Waals surface area contributed by atoms with Crippen LogP contribution in [0.25, 0.3) is 6.08 Å². The van der Waals surface area contributed by atoms with Crippen molar-refractivity contribution < 1.29 is 115 Å². The first-order valence-electron chi connectivity index (χ1n) is 38.4. The Morgan fingerprint density at radius 2 is 0.878 bits per heavy atom. The monoisotopic (exact) mass is 1600 g/mol. The van der Waals surface area contributed by atoms with Gasteiger partial charge in [-0.25, -0.2) is 24.0 Å². The van der Waals surface area contributed by atoms with Gasteiger partial charge in [-0.3, -0.25) is 0 Å². The van der Waals surface area contributed by atoms with Gasteiger partial charge in [-0.1, -0.05) is 245 Å². The Bertz CT molecular complexity index is 4210. The lowest BCUT2D eigenvalue weighted by atomic mass is 9.83. The van der Waals surface area contributed by atoms with Crippen molar-refractivity contribution in [1.82, 2.24) is 26.6 Å². The van der Waals surface area contributed by atoms with E-state index in [1.54, 1.807) is 182 Å². The fraction of sp³-hybridized carbons (Fsp3) is 0.424. The Morgan fingerprint density at radius 1 is 0.452 bits per heavy atom. The predicted octanol–water partition coefficient (Wildman–Crippen LogP) is 9.50. The van der Waals surface area contributed by atoms with Gasteiger partial charge in [0.25, 0.3) is 0 Å². The fourth-order valence-electron chi connectivity index (χ4n) is 13.6. The third-order valence-electron chi connectivity index (χ3n) is 20.9. The first-order chi connectivity index (χ1) is 55.6. The third-order valence-corrected chi connectivity index (χ3v) is 25.4. The zero-order valence-electron chi connectivity index (χ0n) is 64.4. The molecule has 5 amide bonds. The minimum Gasteiger partial charge on any atom is -0.445 e. The van der Waals surface area contributed by atoms with E-state index in [-0.39, 0.29) is 59.3 Å². The Balaban J connectivity index is 0.941. The molecule has 5 aliphatic rings. The van der Waals surface area contributed by atoms with Crippen LogP contribution >= 0.6 is 0 Å². The first kappa shape index (κ1) is 84.7. The molecule has 29 nitrogen and oxygen atoms in total. The van der Waals surface area contributed by atoms with Gasteiger partial charge in [0.1, 0.15) is 118 Å². The summed E-state index contributed by atoms with van der Waals surface area (Å²) in [5.74, 6) is 0. The molecule has 9 N–H and O–H groups in total. The van der Waals surface area contributed by atoms with Crippen molar-refractivity contribution in [3.05, 3.63) is 257 Å². The van der Waals surface area contributed by atoms with Crippen molar-refractivity contribution in [3.63, 3.8) is 0 Å². The number of aliphatic hydroxyl groups excluding tert-OH is 4. The summed E-state index contributed by atoms with van der Waals surface area (Å²) in [6.45, 7) is 8.04. The van der Waals surface area contributed by atoms with Crippen LogP contribution in [-0.2, 0) is 104 Å². The SMILES string of the molecule is CC(C)(C)[Si](C)(C)OC[C@H]1O[C@@H](O[C@@H]2[C@@H](O)[C@H](NC(=O)OCc3ccccc3)C[C@H](NC(=O)OCc3ccccc3)[C@H]2O[C@H]2O[C@@H]3COC(c4ccccc4)O[C@H]3[C@H](O)[C@H]2NC(=O)OCc2ccccc2)[C@H](OCC=Cc2ccccc2)[C@@H]1O[C@H]1O[C@@H](CNC(=O)OCc2ccccc2)[C@@H](O)[C@H](O)[C@H]1NC(=O)OCc1ccccc1. The molecule has 4 heterocycles. The summed E-state index contributed by atoms with van der Waals surface area (Å²) in [5.41, 5.74) is 4.63. The van der Waals surface area contributed by atoms with Crippen molar-refractivity contribution >= 4 is 44.9 Å². The molecule has 0 bridgehead atoms. The van der Waals surface area contributed by atoms with Gasteiger partial charge in [0, 0.05) is 12.1 Å². The highest BCUT2D eigenvalue weighted by Gasteiger charge is 2.59. The van der Waals surface area contributed by atoms with Gasteiger partial charge in [0.2, 0.25) is 0 Å². The minimum absolute atomic E-state index is 0.109. The van der Waals surface area contributed by atoms with E-state index in [1.165, 1.54) is 0 Å². The van der Waals surface area contributed by atoms with Crippen LogP contribution < -0.4 is 26.6 Å². The lowest BCUT2D eigenvalue weighted by Crippen LogP contribution is -2.71. The van der Waals surface area contributed by atoms with Crippen LogP contribution in [0, 0.1) is 0 Å². The molecule has 1 saturated carbocycles. The maximum atomic E-state index is 14.7. The van der Waals surface area contributed by atoms with Gasteiger partial charge in [0.05, 0.1) is 31.9 Å². The second-order valence-electron chi connectivity index (χ2n) is 30.0. The number of nitrogens with one attached hydrogen (secondary N) is 5. The molecule has 614 valence electrons. The zero-order chi connectivity index (χ0) is 80.9. The topological polar surface area (TPSA) is 365 Å². The van der Waals surface area contributed by atoms with E-state index in [9.17, 15) is 44.4 Å². The van der Waals surface area contributed by atoms with Crippen molar-refractivity contribution in [2.75, 3.05) is 26.4 Å². The predicted molar refractivity (Wildman–Crippen MR) is 416 cm³/mol. The molecular weight excluding hydrogens is 1500 g/mol. The van der Waals surface area contributed by atoms with Crippen LogP contribution in [0.1, 0.15) is 72.4 Å². The van der Waals surface area contributed by atoms with Crippen LogP contribution in [0.15, 0.2) is 218 Å². The Kier molecular flexibility index (Phi) is 30.0. The van der Waals surface area contributed by atoms with Gasteiger partial charge in [-0.15, -0.1) is 0 Å². The molecule has 4 aliphatic heterocycles. The van der Waals surface area contributed by atoms with Crippen LogP contribution in [0.4, 0.5) is 24.0 Å². The quantitative estimate of drug-likeness (QED) is 0.0149. The molecule has 20 atom stereocenters. The van der Waals surface area contributed by atoms with Crippen molar-refractivity contribution in [3.8, 4) is 0 Å². The van der Waals surface area contributed by atoms with Crippen molar-refractivity contribution in [1.29, 1.82) is 0 Å². The Labute approximate surface area is 668 Å². The smallest absolute Gasteiger partial charge is 0.407 e. The first-order valence-corrected chi connectivity index (χ1v) is 41.3. The molecule has 0 radical (unpaired) electrons. The summed E-state index contributed by atoms with van der Waals surface area (Å²) in [4.78, 5) is 70.9. The number of carbonyl (C=O) groups is 5. The van der Waals surface area contributed by atoms with Crippen LogP contribution in [-0.4, -0.2) is 202 Å². The summed E-state index contributed by atoms with van der Waals surface area (Å²) < 4.78 is 97.5. The molecule has 12 rings (SSSR count). The Morgan fingerprint density at radius 3 is 1.38 bits per heavy atom. The van der Waals surface area contributed by atoms with Gasteiger partial charge in [-0.05, 0) is 57.9 Å². The summed E-state index contributed by atoms with van der Waals surface area (Å²) in [6, 6.07) is 56.5. The van der Waals surface area contributed by atoms with Gasteiger partial charge in [-0.2, -0.15) is 0 Å². The average molecular weight is 1600 g/mol. The molecule has 1 unspecified atom stereocenters. The maximum Gasteiger partial charge on any atom is 0.407 e. The molecule has 0 aromatic heterocycles. The van der Waals surface area contributed by atoms with Crippen LogP contribution in [0.2, 0.25) is 18.1 Å². The highest BCUT2D eigenvalue weighted by atomic mass is 28.4. The molecule has 0 spiro atoms. The maximum absolute atomic E-state index is 14.7. The summed E-state index contributed by atoms with van der Waals surface area (Å²) in [5, 5.41) is 64.0. The molecule has 7 aromatic rings. The van der Waals surface area contributed by atoms with Crippen LogP contribution in [0.5, 0.6) is 0 Å². The summed E-state index contributed by atoms with van der Waals surface area (Å²) >= 11 is 0. The number of hydrogen-bond donors (Lipinski definition) is 9. The number of hydrogen-bond acceptors (Lipinski definition) is 24. The van der Waals surface area contributed by atoms with Crippen molar-refractivity contribution in [2.24, 2.45) is 0 Å². The molecule has 1 aliphatic carbocycles. The number of fused-ring (bicyclic) bond motifs is 1. The number of ether oxygens (including phenoxy) is 14. The number of carbonyl (C=O) groups excluding carboxylic acids is 5. The minimum atomic E-state index is -2.81. The molecule has 7 aromatic carbocycles. The normalized spacial score (nSPS) is 28.0. The standard InChI is InChI=1S/C85H101N5O24Si/c1-85(2,3)115(4,5)107-52-64-73(113-77-65(89-83(98)105-49-57-36-21-10-22-37-57)69(93)68(92)62(108-77)45-86-80(95)102-46-54-30-15-7-16-31-54)75(100-43-27-40-53-28-13-6-14-29-53)79(110-64)114-74-67(91)60(87-81(96)103-47-55-32-17-8-18-33-55)44-61(88-82(97)104-48-56-34-19-9-20-35-56)71(74)111-78-66(90-84(99)106-50-58-38-23-11-24-39-58)70(94)72-63(109-78)51-101-76(112-72)59-41-25-12-26-42-59/h6-42,60-79,91-94H,43-52H2,1-5H3,(H,86,95)(H,87,96)(H,88,97)(H,89,98)(H,90,99)/t60-,61+,62+,63-,64-,65-,66-,67+,68-,69-,70-,71-,72-,73-,74-,75-,76?,77-,78-,79+/m1/s1. The largest absolute Gasteiger partial charge is 0.445 e. The summed E-state index contributed by atoms with van der Waals surface area (Å²) in [7, 11) is -2.81. The molecule has 4 saturated heterocycles. The molecular formula is C85H101N5O24Si. The lowest BCUT2D eigenvalue weighted by molar-refractivity contribution is -0.358. The molecule has 30 heteroatoms. The van der Waals surface area contributed by atoms with E-state index in [1.807, 2.05) is 76.3 Å². The second-order valence-corrected chi connectivity index (χ2v) is 34.8. The highest BCUT2D eigenvalue weighted by molar-refractivity contribution is 6.74. The van der Waals surface area contributed by atoms with E-state index in [2.05, 4.69) is 26.6 Å².